The van der Waals surface area contributed by atoms with E-state index in [4.69, 9.17) is 0 Å². The van der Waals surface area contributed by atoms with Crippen molar-refractivity contribution in [1.82, 2.24) is 24.5 Å². The van der Waals surface area contributed by atoms with Crippen LogP contribution in [0.3, 0.4) is 0 Å². The summed E-state index contributed by atoms with van der Waals surface area (Å²) in [5.74, 6) is 0.161. The van der Waals surface area contributed by atoms with Crippen molar-refractivity contribution in [3.05, 3.63) is 17.5 Å². The SMILES string of the molecule is CCCn1cc(C(=O)N2CCCN(C)C3(CCN(C)CC3)C2)c(C)n1. The van der Waals surface area contributed by atoms with Crippen LogP contribution in [0.15, 0.2) is 6.20 Å². The molecule has 0 radical (unpaired) electrons. The van der Waals surface area contributed by atoms with Gasteiger partial charge in [-0.15, -0.1) is 0 Å². The molecular weight excluding hydrogens is 314 g/mol. The van der Waals surface area contributed by atoms with Gasteiger partial charge in [0.05, 0.1) is 11.3 Å². The van der Waals surface area contributed by atoms with Gasteiger partial charge in [-0.05, 0) is 59.8 Å². The zero-order valence-electron chi connectivity index (χ0n) is 16.3. The molecule has 3 rings (SSSR count). The summed E-state index contributed by atoms with van der Waals surface area (Å²) in [6, 6.07) is 0. The normalized spacial score (nSPS) is 22.3. The van der Waals surface area contributed by atoms with Crippen LogP contribution in [0.25, 0.3) is 0 Å². The predicted molar refractivity (Wildman–Crippen MR) is 99.9 cm³/mol. The Hall–Kier alpha value is -1.40. The van der Waals surface area contributed by atoms with Gasteiger partial charge in [-0.25, -0.2) is 0 Å². The van der Waals surface area contributed by atoms with Crippen molar-refractivity contribution in [2.45, 2.75) is 51.6 Å². The summed E-state index contributed by atoms with van der Waals surface area (Å²) >= 11 is 0. The second-order valence-corrected chi connectivity index (χ2v) is 7.92. The highest BCUT2D eigenvalue weighted by atomic mass is 16.2. The summed E-state index contributed by atoms with van der Waals surface area (Å²) in [6.45, 7) is 9.93. The predicted octanol–water partition coefficient (Wildman–Crippen LogP) is 1.84. The Morgan fingerprint density at radius 2 is 1.92 bits per heavy atom. The number of carbonyl (C=O) groups is 1. The van der Waals surface area contributed by atoms with Crippen LogP contribution in [-0.2, 0) is 6.54 Å². The summed E-state index contributed by atoms with van der Waals surface area (Å²) in [6.07, 6.45) is 6.29. The molecule has 1 amide bonds. The van der Waals surface area contributed by atoms with Gasteiger partial charge in [0.2, 0.25) is 0 Å². The monoisotopic (exact) mass is 347 g/mol. The summed E-state index contributed by atoms with van der Waals surface area (Å²) < 4.78 is 1.91. The van der Waals surface area contributed by atoms with Gasteiger partial charge >= 0.3 is 0 Å². The number of likely N-dealkylation sites (N-methyl/N-ethyl adjacent to an activating group) is 1. The van der Waals surface area contributed by atoms with Crippen LogP contribution in [0, 0.1) is 6.92 Å². The van der Waals surface area contributed by atoms with E-state index in [1.807, 2.05) is 17.8 Å². The van der Waals surface area contributed by atoms with Crippen LogP contribution in [0.5, 0.6) is 0 Å². The smallest absolute Gasteiger partial charge is 0.257 e. The first-order chi connectivity index (χ1) is 11.9. The highest BCUT2D eigenvalue weighted by Crippen LogP contribution is 2.31. The molecule has 1 aromatic rings. The van der Waals surface area contributed by atoms with Gasteiger partial charge in [-0.3, -0.25) is 14.4 Å². The minimum Gasteiger partial charge on any atom is -0.337 e. The zero-order valence-corrected chi connectivity index (χ0v) is 16.3. The van der Waals surface area contributed by atoms with E-state index in [1.54, 1.807) is 0 Å². The van der Waals surface area contributed by atoms with Crippen molar-refractivity contribution >= 4 is 5.91 Å². The Morgan fingerprint density at radius 3 is 2.60 bits per heavy atom. The van der Waals surface area contributed by atoms with Gasteiger partial charge in [0, 0.05) is 37.9 Å². The third-order valence-corrected chi connectivity index (χ3v) is 6.05. The summed E-state index contributed by atoms with van der Waals surface area (Å²) in [5.41, 5.74) is 1.76. The maximum atomic E-state index is 13.2. The number of amides is 1. The fourth-order valence-corrected chi connectivity index (χ4v) is 4.28. The van der Waals surface area contributed by atoms with E-state index >= 15 is 0 Å². The minimum absolute atomic E-state index is 0.131. The van der Waals surface area contributed by atoms with Crippen LogP contribution in [0.4, 0.5) is 0 Å². The molecule has 0 aliphatic carbocycles. The van der Waals surface area contributed by atoms with Gasteiger partial charge in [-0.1, -0.05) is 6.92 Å². The van der Waals surface area contributed by atoms with Crippen molar-refractivity contribution in [1.29, 1.82) is 0 Å². The van der Waals surface area contributed by atoms with Crippen LogP contribution in [-0.4, -0.2) is 82.7 Å². The third-order valence-electron chi connectivity index (χ3n) is 6.05. The van der Waals surface area contributed by atoms with E-state index in [2.05, 4.69) is 40.8 Å². The van der Waals surface area contributed by atoms with E-state index in [9.17, 15) is 4.79 Å². The first-order valence-corrected chi connectivity index (χ1v) is 9.68. The molecule has 6 nitrogen and oxygen atoms in total. The molecule has 0 aromatic carbocycles. The highest BCUT2D eigenvalue weighted by molar-refractivity contribution is 5.95. The lowest BCUT2D eigenvalue weighted by Gasteiger charge is -2.47. The third kappa shape index (κ3) is 3.75. The number of rotatable bonds is 3. The van der Waals surface area contributed by atoms with Gasteiger partial charge < -0.3 is 9.80 Å². The minimum atomic E-state index is 0.131. The number of hydrogen-bond acceptors (Lipinski definition) is 4. The lowest BCUT2D eigenvalue weighted by atomic mass is 9.85. The van der Waals surface area contributed by atoms with Gasteiger partial charge in [0.25, 0.3) is 5.91 Å². The van der Waals surface area contributed by atoms with Gasteiger partial charge in [0.1, 0.15) is 0 Å². The lowest BCUT2D eigenvalue weighted by molar-refractivity contribution is 0.0316. The molecule has 1 aromatic heterocycles. The maximum absolute atomic E-state index is 13.2. The largest absolute Gasteiger partial charge is 0.337 e. The first kappa shape index (κ1) is 18.4. The second-order valence-electron chi connectivity index (χ2n) is 7.92. The quantitative estimate of drug-likeness (QED) is 0.837. The topological polar surface area (TPSA) is 44.6 Å². The van der Waals surface area contributed by atoms with E-state index in [0.717, 1.165) is 76.2 Å². The molecular formula is C19H33N5O. The fraction of sp³-hybridized carbons (Fsp3) is 0.789. The molecule has 140 valence electrons. The Bertz CT molecular complexity index is 603. The zero-order chi connectivity index (χ0) is 18.0. The summed E-state index contributed by atoms with van der Waals surface area (Å²) in [4.78, 5) is 20.2. The first-order valence-electron chi connectivity index (χ1n) is 9.68. The molecule has 1 spiro atoms. The highest BCUT2D eigenvalue weighted by Gasteiger charge is 2.41. The number of nitrogens with zero attached hydrogens (tertiary/aromatic N) is 5. The molecule has 0 atom stereocenters. The van der Waals surface area contributed by atoms with Crippen LogP contribution in [0.2, 0.25) is 0 Å². The average Bonchev–Trinajstić information content (AvgIpc) is 2.87. The Kier molecular flexibility index (Phi) is 5.49. The average molecular weight is 348 g/mol. The number of carbonyl (C=O) groups excluding carboxylic acids is 1. The van der Waals surface area contributed by atoms with Crippen LogP contribution in [0.1, 0.15) is 48.7 Å². The molecule has 0 unspecified atom stereocenters. The molecule has 6 heteroatoms. The van der Waals surface area contributed by atoms with Gasteiger partial charge in [0.15, 0.2) is 0 Å². The molecule has 2 fully saturated rings. The van der Waals surface area contributed by atoms with Crippen molar-refractivity contribution in [2.75, 3.05) is 46.8 Å². The van der Waals surface area contributed by atoms with Crippen molar-refractivity contribution in [2.24, 2.45) is 0 Å². The Morgan fingerprint density at radius 1 is 1.20 bits per heavy atom. The standard InChI is InChI=1S/C19H33N5O/c1-5-9-24-14-17(16(2)20-24)18(25)23-11-6-10-22(4)19(15-23)7-12-21(3)13-8-19/h14H,5-13,15H2,1-4H3. The molecule has 2 aliphatic heterocycles. The number of piperidine rings is 1. The van der Waals surface area contributed by atoms with Crippen molar-refractivity contribution < 1.29 is 4.79 Å². The number of aromatic nitrogens is 2. The summed E-state index contributed by atoms with van der Waals surface area (Å²) in [5, 5.41) is 4.52. The maximum Gasteiger partial charge on any atom is 0.257 e. The fourth-order valence-electron chi connectivity index (χ4n) is 4.28. The molecule has 0 N–H and O–H groups in total. The number of aryl methyl sites for hydroxylation is 2. The summed E-state index contributed by atoms with van der Waals surface area (Å²) in [7, 11) is 4.43. The number of likely N-dealkylation sites (tertiary alicyclic amines) is 1. The van der Waals surface area contributed by atoms with Gasteiger partial charge in [-0.2, -0.15) is 5.10 Å². The van der Waals surface area contributed by atoms with Crippen molar-refractivity contribution in [3.8, 4) is 0 Å². The molecule has 0 bridgehead atoms. The Balaban J connectivity index is 1.80. The lowest BCUT2D eigenvalue weighted by Crippen LogP contribution is -2.58. The van der Waals surface area contributed by atoms with E-state index in [1.165, 1.54) is 0 Å². The number of hydrogen-bond donors (Lipinski definition) is 0. The van der Waals surface area contributed by atoms with E-state index < -0.39 is 0 Å². The molecule has 2 saturated heterocycles. The molecule has 25 heavy (non-hydrogen) atoms. The molecule has 2 aliphatic rings. The Labute approximate surface area is 151 Å². The second kappa shape index (κ2) is 7.46. The van der Waals surface area contributed by atoms with E-state index in [0.29, 0.717) is 0 Å². The van der Waals surface area contributed by atoms with Crippen LogP contribution < -0.4 is 0 Å². The molecule has 3 heterocycles. The van der Waals surface area contributed by atoms with E-state index in [-0.39, 0.29) is 11.4 Å². The van der Waals surface area contributed by atoms with Crippen LogP contribution >= 0.6 is 0 Å². The molecule has 0 saturated carbocycles. The van der Waals surface area contributed by atoms with Crippen molar-refractivity contribution in [3.63, 3.8) is 0 Å².